The molecule has 0 radical (unpaired) electrons. The van der Waals surface area contributed by atoms with Crippen LogP contribution in [0.25, 0.3) is 0 Å². The van der Waals surface area contributed by atoms with Crippen molar-refractivity contribution in [3.63, 3.8) is 0 Å². The molecule has 0 aromatic heterocycles. The number of ether oxygens (including phenoxy) is 3. The molecule has 1 aliphatic heterocycles. The first-order valence-corrected chi connectivity index (χ1v) is 9.77. The van der Waals surface area contributed by atoms with Crippen molar-refractivity contribution in [1.82, 2.24) is 0 Å². The van der Waals surface area contributed by atoms with E-state index in [0.29, 0.717) is 18.4 Å². The van der Waals surface area contributed by atoms with E-state index in [1.165, 1.54) is 6.92 Å². The molecule has 29 heavy (non-hydrogen) atoms. The smallest absolute Gasteiger partial charge is 0.334 e. The molecule has 1 heterocycles. The van der Waals surface area contributed by atoms with E-state index in [1.807, 2.05) is 13.8 Å². The number of hydrogen-bond acceptors (Lipinski definition) is 7. The second kappa shape index (κ2) is 10.2. The number of hydrogen-bond donors (Lipinski definition) is 0. The van der Waals surface area contributed by atoms with Crippen LogP contribution in [-0.4, -0.2) is 43.0 Å². The molecule has 0 spiro atoms. The lowest BCUT2D eigenvalue weighted by atomic mass is 9.85. The highest BCUT2D eigenvalue weighted by Crippen LogP contribution is 2.36. The molecule has 2 aliphatic rings. The maximum Gasteiger partial charge on any atom is 0.334 e. The van der Waals surface area contributed by atoms with Gasteiger partial charge in [0.15, 0.2) is 0 Å². The summed E-state index contributed by atoms with van der Waals surface area (Å²) in [6, 6.07) is 0. The minimum absolute atomic E-state index is 0.0602. The lowest BCUT2D eigenvalue weighted by molar-refractivity contribution is -0.153. The summed E-state index contributed by atoms with van der Waals surface area (Å²) >= 11 is 0. The van der Waals surface area contributed by atoms with Crippen molar-refractivity contribution < 1.29 is 33.4 Å². The Bertz CT molecular complexity index is 744. The van der Waals surface area contributed by atoms with Gasteiger partial charge >= 0.3 is 17.9 Å². The van der Waals surface area contributed by atoms with E-state index in [2.05, 4.69) is 6.58 Å². The van der Waals surface area contributed by atoms with E-state index in [9.17, 15) is 19.2 Å². The Balaban J connectivity index is 2.38. The van der Waals surface area contributed by atoms with E-state index in [-0.39, 0.29) is 30.9 Å². The molecule has 7 heteroatoms. The normalized spacial score (nSPS) is 28.3. The molecular formula is C22H28O7. The maximum atomic E-state index is 12.3. The van der Waals surface area contributed by atoms with Gasteiger partial charge in [0.25, 0.3) is 0 Å². The fourth-order valence-corrected chi connectivity index (χ4v) is 3.46. The van der Waals surface area contributed by atoms with Crippen molar-refractivity contribution in [1.29, 1.82) is 0 Å². The van der Waals surface area contributed by atoms with Gasteiger partial charge in [-0.1, -0.05) is 26.5 Å². The molecule has 1 aliphatic carbocycles. The van der Waals surface area contributed by atoms with Crippen LogP contribution in [0.1, 0.15) is 46.5 Å². The number of fused-ring (bicyclic) bond motifs is 1. The second-order valence-electron chi connectivity index (χ2n) is 7.79. The van der Waals surface area contributed by atoms with Crippen molar-refractivity contribution in [3.05, 3.63) is 35.5 Å². The number of aldehydes is 1. The third-order valence-electron chi connectivity index (χ3n) is 4.84. The Kier molecular flexibility index (Phi) is 7.93. The summed E-state index contributed by atoms with van der Waals surface area (Å²) in [5, 5.41) is 0. The summed E-state index contributed by atoms with van der Waals surface area (Å²) in [7, 11) is 0. The SMILES string of the molecule is C=C1C(=O)O[C@@H]2/C=C(/COC(C)=O)CC/C=C(/C=O)C[C@H](OC(=O)CC(C)C)[C@H]12. The van der Waals surface area contributed by atoms with Crippen LogP contribution in [-0.2, 0) is 33.4 Å². The number of carbonyl (C=O) groups excluding carboxylic acids is 4. The summed E-state index contributed by atoms with van der Waals surface area (Å²) in [5.74, 6) is -1.89. The molecule has 0 unspecified atom stereocenters. The highest BCUT2D eigenvalue weighted by molar-refractivity contribution is 5.91. The molecule has 0 N–H and O–H groups in total. The van der Waals surface area contributed by atoms with Gasteiger partial charge in [0.1, 0.15) is 25.1 Å². The van der Waals surface area contributed by atoms with Gasteiger partial charge in [-0.15, -0.1) is 0 Å². The van der Waals surface area contributed by atoms with Gasteiger partial charge in [-0.3, -0.25) is 14.4 Å². The molecule has 0 amide bonds. The molecule has 0 aromatic carbocycles. The molecule has 1 saturated heterocycles. The zero-order valence-electron chi connectivity index (χ0n) is 17.1. The van der Waals surface area contributed by atoms with E-state index in [1.54, 1.807) is 12.2 Å². The lowest BCUT2D eigenvalue weighted by Gasteiger charge is -2.27. The summed E-state index contributed by atoms with van der Waals surface area (Å²) in [4.78, 5) is 47.3. The average Bonchev–Trinajstić information content (AvgIpc) is 2.90. The molecule has 158 valence electrons. The molecule has 2 rings (SSSR count). The van der Waals surface area contributed by atoms with E-state index >= 15 is 0 Å². The first-order valence-electron chi connectivity index (χ1n) is 9.77. The Morgan fingerprint density at radius 3 is 2.72 bits per heavy atom. The van der Waals surface area contributed by atoms with Gasteiger partial charge in [0.2, 0.25) is 0 Å². The summed E-state index contributed by atoms with van der Waals surface area (Å²) in [6.07, 6.45) is 4.27. The van der Waals surface area contributed by atoms with Crippen molar-refractivity contribution in [2.24, 2.45) is 11.8 Å². The fraction of sp³-hybridized carbons (Fsp3) is 0.545. The number of allylic oxidation sites excluding steroid dienone is 1. The second-order valence-corrected chi connectivity index (χ2v) is 7.79. The van der Waals surface area contributed by atoms with Crippen molar-refractivity contribution in [3.8, 4) is 0 Å². The summed E-state index contributed by atoms with van der Waals surface area (Å²) in [6.45, 7) is 9.01. The quantitative estimate of drug-likeness (QED) is 0.221. The van der Waals surface area contributed by atoms with Gasteiger partial charge < -0.3 is 14.2 Å². The summed E-state index contributed by atoms with van der Waals surface area (Å²) < 4.78 is 16.2. The highest BCUT2D eigenvalue weighted by Gasteiger charge is 2.44. The van der Waals surface area contributed by atoms with Crippen LogP contribution in [0.5, 0.6) is 0 Å². The van der Waals surface area contributed by atoms with Crippen LogP contribution in [0.4, 0.5) is 0 Å². The largest absolute Gasteiger partial charge is 0.461 e. The number of esters is 3. The first kappa shape index (κ1) is 22.6. The average molecular weight is 404 g/mol. The predicted octanol–water partition coefficient (Wildman–Crippen LogP) is 2.84. The molecule has 3 atom stereocenters. The van der Waals surface area contributed by atoms with Crippen LogP contribution in [0.15, 0.2) is 35.5 Å². The number of carbonyl (C=O) groups is 4. The van der Waals surface area contributed by atoms with Crippen LogP contribution < -0.4 is 0 Å². The van der Waals surface area contributed by atoms with Crippen LogP contribution >= 0.6 is 0 Å². The monoisotopic (exact) mass is 404 g/mol. The first-order chi connectivity index (χ1) is 13.7. The van der Waals surface area contributed by atoms with E-state index in [0.717, 1.165) is 11.9 Å². The number of rotatable bonds is 6. The Labute approximate surface area is 170 Å². The highest BCUT2D eigenvalue weighted by atomic mass is 16.6. The van der Waals surface area contributed by atoms with Crippen LogP contribution in [0.3, 0.4) is 0 Å². The molecule has 7 nitrogen and oxygen atoms in total. The molecule has 1 fully saturated rings. The molecule has 0 bridgehead atoms. The third-order valence-corrected chi connectivity index (χ3v) is 4.84. The van der Waals surface area contributed by atoms with Gasteiger partial charge in [-0.2, -0.15) is 0 Å². The minimum Gasteiger partial charge on any atom is -0.461 e. The van der Waals surface area contributed by atoms with Crippen LogP contribution in [0, 0.1) is 11.8 Å². The van der Waals surface area contributed by atoms with Crippen molar-refractivity contribution >= 4 is 24.2 Å². The standard InChI is InChI=1S/C22H28O7/c1-13(2)8-20(25)28-18-9-16(11-23)6-5-7-17(12-27-15(4)24)10-19-21(18)14(3)22(26)29-19/h6,10-11,13,18-19,21H,3,5,7-9,12H2,1-2,4H3/b16-6+,17-10+/t18-,19+,21-/m0/s1. The van der Waals surface area contributed by atoms with Crippen molar-refractivity contribution in [2.75, 3.05) is 6.61 Å². The topological polar surface area (TPSA) is 96.0 Å². The van der Waals surface area contributed by atoms with Crippen LogP contribution in [0.2, 0.25) is 0 Å². The Morgan fingerprint density at radius 2 is 2.10 bits per heavy atom. The third kappa shape index (κ3) is 6.41. The lowest BCUT2D eigenvalue weighted by Crippen LogP contribution is -2.34. The Morgan fingerprint density at radius 1 is 1.38 bits per heavy atom. The minimum atomic E-state index is -0.758. The van der Waals surface area contributed by atoms with E-state index < -0.39 is 36.0 Å². The zero-order chi connectivity index (χ0) is 21.6. The summed E-state index contributed by atoms with van der Waals surface area (Å²) in [5.41, 5.74) is 1.44. The Hall–Kier alpha value is -2.70. The van der Waals surface area contributed by atoms with Crippen molar-refractivity contribution in [2.45, 2.75) is 58.7 Å². The van der Waals surface area contributed by atoms with Gasteiger partial charge in [-0.05, 0) is 36.0 Å². The van der Waals surface area contributed by atoms with Gasteiger partial charge in [-0.25, -0.2) is 4.79 Å². The predicted molar refractivity (Wildman–Crippen MR) is 105 cm³/mol. The van der Waals surface area contributed by atoms with Gasteiger partial charge in [0.05, 0.1) is 5.92 Å². The molecule has 0 aromatic rings. The van der Waals surface area contributed by atoms with E-state index in [4.69, 9.17) is 14.2 Å². The molecular weight excluding hydrogens is 376 g/mol. The fourth-order valence-electron chi connectivity index (χ4n) is 3.46. The zero-order valence-corrected chi connectivity index (χ0v) is 17.1. The molecule has 0 saturated carbocycles. The van der Waals surface area contributed by atoms with Gasteiger partial charge in [0, 0.05) is 25.3 Å². The maximum absolute atomic E-state index is 12.3.